The van der Waals surface area contributed by atoms with Crippen molar-refractivity contribution < 1.29 is 14.3 Å². The average molecular weight is 416 g/mol. The van der Waals surface area contributed by atoms with Gasteiger partial charge in [0.05, 0.1) is 5.69 Å². The van der Waals surface area contributed by atoms with Gasteiger partial charge in [0, 0.05) is 10.1 Å². The molecule has 1 aromatic rings. The largest absolute Gasteiger partial charge is 0.444 e. The highest BCUT2D eigenvalue weighted by Gasteiger charge is 2.36. The van der Waals surface area contributed by atoms with Crippen LogP contribution in [-0.4, -0.2) is 35.1 Å². The van der Waals surface area contributed by atoms with Crippen LogP contribution in [0.4, 0.5) is 10.5 Å². The van der Waals surface area contributed by atoms with E-state index in [1.165, 1.54) is 4.90 Å². The molecular formula is C16H21IN2O3. The van der Waals surface area contributed by atoms with Crippen LogP contribution in [0.2, 0.25) is 0 Å². The molecule has 0 spiro atoms. The van der Waals surface area contributed by atoms with Crippen LogP contribution in [0.15, 0.2) is 24.3 Å². The summed E-state index contributed by atoms with van der Waals surface area (Å²) in [6, 6.07) is 7.10. The molecule has 1 aromatic carbocycles. The van der Waals surface area contributed by atoms with Gasteiger partial charge in [0.1, 0.15) is 11.6 Å². The van der Waals surface area contributed by atoms with E-state index in [-0.39, 0.29) is 5.91 Å². The number of anilines is 1. The second-order valence-electron chi connectivity index (χ2n) is 6.30. The summed E-state index contributed by atoms with van der Waals surface area (Å²) in [7, 11) is 0. The minimum absolute atomic E-state index is 0.160. The van der Waals surface area contributed by atoms with Crippen LogP contribution in [0, 0.1) is 3.57 Å². The summed E-state index contributed by atoms with van der Waals surface area (Å²) < 4.78 is 6.35. The number of benzene rings is 1. The number of ether oxygens (including phenoxy) is 1. The van der Waals surface area contributed by atoms with Crippen LogP contribution in [0.1, 0.15) is 33.6 Å². The van der Waals surface area contributed by atoms with Crippen LogP contribution in [0.25, 0.3) is 0 Å². The standard InChI is InChI=1S/C16H21IN2O3/c1-16(2,3)22-15(21)19-10-6-9-13(19)14(20)18-12-8-5-4-7-11(12)17/h4-5,7-8,13H,6,9-10H2,1-3H3,(H,18,20). The molecule has 2 amide bonds. The van der Waals surface area contributed by atoms with Gasteiger partial charge in [0.15, 0.2) is 0 Å². The van der Waals surface area contributed by atoms with Crippen molar-refractivity contribution in [1.29, 1.82) is 0 Å². The fourth-order valence-corrected chi connectivity index (χ4v) is 2.88. The number of nitrogens with zero attached hydrogens (tertiary/aromatic N) is 1. The summed E-state index contributed by atoms with van der Waals surface area (Å²) in [4.78, 5) is 26.2. The van der Waals surface area contributed by atoms with Gasteiger partial charge in [-0.3, -0.25) is 9.69 Å². The summed E-state index contributed by atoms with van der Waals surface area (Å²) in [5.74, 6) is -0.160. The number of para-hydroxylation sites is 1. The molecule has 6 heteroatoms. The summed E-state index contributed by atoms with van der Waals surface area (Å²) in [6.07, 6.45) is 1.05. The third-order valence-electron chi connectivity index (χ3n) is 3.32. The third kappa shape index (κ3) is 4.34. The molecule has 1 aliphatic heterocycles. The molecule has 0 radical (unpaired) electrons. The number of halogens is 1. The molecule has 0 bridgehead atoms. The topological polar surface area (TPSA) is 58.6 Å². The Bertz CT molecular complexity index is 569. The highest BCUT2D eigenvalue weighted by molar-refractivity contribution is 14.1. The van der Waals surface area contributed by atoms with Crippen molar-refractivity contribution >= 4 is 40.3 Å². The van der Waals surface area contributed by atoms with Crippen LogP contribution in [-0.2, 0) is 9.53 Å². The van der Waals surface area contributed by atoms with E-state index in [0.29, 0.717) is 13.0 Å². The van der Waals surface area contributed by atoms with Crippen molar-refractivity contribution in [2.24, 2.45) is 0 Å². The molecule has 1 fully saturated rings. The summed E-state index contributed by atoms with van der Waals surface area (Å²) in [5, 5.41) is 2.90. The number of nitrogens with one attached hydrogen (secondary N) is 1. The van der Waals surface area contributed by atoms with E-state index in [0.717, 1.165) is 15.7 Å². The zero-order valence-corrected chi connectivity index (χ0v) is 15.2. The second-order valence-corrected chi connectivity index (χ2v) is 7.46. The van der Waals surface area contributed by atoms with E-state index in [9.17, 15) is 9.59 Å². The van der Waals surface area contributed by atoms with Crippen LogP contribution >= 0.6 is 22.6 Å². The van der Waals surface area contributed by atoms with E-state index in [1.54, 1.807) is 0 Å². The number of likely N-dealkylation sites (tertiary alicyclic amines) is 1. The molecular weight excluding hydrogens is 395 g/mol. The van der Waals surface area contributed by atoms with Crippen LogP contribution < -0.4 is 5.32 Å². The Morgan fingerprint density at radius 1 is 1.32 bits per heavy atom. The molecule has 1 saturated heterocycles. The van der Waals surface area contributed by atoms with Crippen molar-refractivity contribution in [3.8, 4) is 0 Å². The monoisotopic (exact) mass is 416 g/mol. The Kier molecular flexibility index (Phi) is 5.31. The van der Waals surface area contributed by atoms with Crippen molar-refractivity contribution in [3.05, 3.63) is 27.8 Å². The minimum atomic E-state index is -0.560. The van der Waals surface area contributed by atoms with Crippen molar-refractivity contribution in [2.75, 3.05) is 11.9 Å². The van der Waals surface area contributed by atoms with Gasteiger partial charge >= 0.3 is 6.09 Å². The number of carbonyl (C=O) groups is 2. The van der Waals surface area contributed by atoms with Crippen LogP contribution in [0.5, 0.6) is 0 Å². The SMILES string of the molecule is CC(C)(C)OC(=O)N1CCCC1C(=O)Nc1ccccc1I. The highest BCUT2D eigenvalue weighted by Crippen LogP contribution is 2.23. The Balaban J connectivity index is 2.05. The molecule has 0 aliphatic carbocycles. The highest BCUT2D eigenvalue weighted by atomic mass is 127. The quantitative estimate of drug-likeness (QED) is 0.750. The molecule has 22 heavy (non-hydrogen) atoms. The molecule has 2 rings (SSSR count). The van der Waals surface area contributed by atoms with Gasteiger partial charge < -0.3 is 10.1 Å². The maximum absolute atomic E-state index is 12.5. The zero-order valence-electron chi connectivity index (χ0n) is 13.1. The second kappa shape index (κ2) is 6.85. The van der Waals surface area contributed by atoms with Crippen LogP contribution in [0.3, 0.4) is 0 Å². The zero-order chi connectivity index (χ0) is 16.3. The lowest BCUT2D eigenvalue weighted by Crippen LogP contribution is -2.45. The number of carbonyl (C=O) groups excluding carboxylic acids is 2. The Hall–Kier alpha value is -1.31. The normalized spacial score (nSPS) is 18.2. The first-order valence-corrected chi connectivity index (χ1v) is 8.41. The summed E-state index contributed by atoms with van der Waals surface area (Å²) >= 11 is 2.17. The lowest BCUT2D eigenvalue weighted by atomic mass is 10.2. The predicted octanol–water partition coefficient (Wildman–Crippen LogP) is 3.63. The molecule has 0 saturated carbocycles. The van der Waals surface area contributed by atoms with Crippen molar-refractivity contribution in [1.82, 2.24) is 4.90 Å². The van der Waals surface area contributed by atoms with Gasteiger partial charge in [-0.25, -0.2) is 4.79 Å². The Morgan fingerprint density at radius 2 is 2.00 bits per heavy atom. The average Bonchev–Trinajstić information content (AvgIpc) is 2.89. The summed E-state index contributed by atoms with van der Waals surface area (Å²) in [6.45, 7) is 6.02. The Morgan fingerprint density at radius 3 is 2.64 bits per heavy atom. The fourth-order valence-electron chi connectivity index (χ4n) is 2.36. The van der Waals surface area contributed by atoms with Gasteiger partial charge in [0.2, 0.25) is 5.91 Å². The number of hydrogen-bond donors (Lipinski definition) is 1. The van der Waals surface area contributed by atoms with E-state index in [1.807, 2.05) is 45.0 Å². The Labute approximate surface area is 144 Å². The molecule has 1 unspecified atom stereocenters. The first-order valence-electron chi connectivity index (χ1n) is 7.33. The molecule has 5 nitrogen and oxygen atoms in total. The molecule has 1 N–H and O–H groups in total. The maximum Gasteiger partial charge on any atom is 0.410 e. The van der Waals surface area contributed by atoms with Crippen molar-refractivity contribution in [2.45, 2.75) is 45.3 Å². The van der Waals surface area contributed by atoms with Gasteiger partial charge in [0.25, 0.3) is 0 Å². The molecule has 1 aliphatic rings. The smallest absolute Gasteiger partial charge is 0.410 e. The van der Waals surface area contributed by atoms with Crippen molar-refractivity contribution in [3.63, 3.8) is 0 Å². The summed E-state index contributed by atoms with van der Waals surface area (Å²) in [5.41, 5.74) is 0.208. The third-order valence-corrected chi connectivity index (χ3v) is 4.26. The number of rotatable bonds is 2. The van der Waals surface area contributed by atoms with Gasteiger partial charge in [-0.2, -0.15) is 0 Å². The lowest BCUT2D eigenvalue weighted by molar-refractivity contribution is -0.120. The molecule has 1 heterocycles. The van der Waals surface area contributed by atoms with Gasteiger partial charge in [-0.15, -0.1) is 0 Å². The molecule has 0 aromatic heterocycles. The maximum atomic E-state index is 12.5. The predicted molar refractivity (Wildman–Crippen MR) is 93.8 cm³/mol. The first kappa shape index (κ1) is 17.1. The van der Waals surface area contributed by atoms with Gasteiger partial charge in [-0.05, 0) is 68.3 Å². The van der Waals surface area contributed by atoms with E-state index < -0.39 is 17.7 Å². The van der Waals surface area contributed by atoms with E-state index >= 15 is 0 Å². The number of hydrogen-bond acceptors (Lipinski definition) is 3. The fraction of sp³-hybridized carbons (Fsp3) is 0.500. The lowest BCUT2D eigenvalue weighted by Gasteiger charge is -2.28. The minimum Gasteiger partial charge on any atom is -0.444 e. The van der Waals surface area contributed by atoms with Gasteiger partial charge in [-0.1, -0.05) is 12.1 Å². The molecule has 1 atom stereocenters. The van der Waals surface area contributed by atoms with E-state index in [2.05, 4.69) is 27.9 Å². The first-order chi connectivity index (χ1) is 10.3. The molecule has 120 valence electrons. The van der Waals surface area contributed by atoms with E-state index in [4.69, 9.17) is 4.74 Å². The number of amides is 2.